The van der Waals surface area contributed by atoms with Crippen LogP contribution in [0.25, 0.3) is 0 Å². The van der Waals surface area contributed by atoms with Crippen molar-refractivity contribution in [2.24, 2.45) is 0 Å². The molecule has 7 nitrogen and oxygen atoms in total. The van der Waals surface area contributed by atoms with Crippen LogP contribution in [0.2, 0.25) is 0 Å². The quantitative estimate of drug-likeness (QED) is 0.902. The number of carbonyl (C=O) groups is 1. The Kier molecular flexibility index (Phi) is 4.40. The summed E-state index contributed by atoms with van der Waals surface area (Å²) in [5, 5.41) is 10.8. The lowest BCUT2D eigenvalue weighted by atomic mass is 10.1. The third-order valence-electron chi connectivity index (χ3n) is 5.05. The van der Waals surface area contributed by atoms with E-state index in [1.165, 1.54) is 5.69 Å². The van der Waals surface area contributed by atoms with E-state index in [1.807, 2.05) is 28.8 Å². The topological polar surface area (TPSA) is 66.3 Å². The Morgan fingerprint density at radius 2 is 1.88 bits per heavy atom. The van der Waals surface area contributed by atoms with E-state index >= 15 is 0 Å². The average Bonchev–Trinajstić information content (AvgIpc) is 3.41. The maximum absolute atomic E-state index is 12.5. The molecule has 4 rings (SSSR count). The fourth-order valence-electron chi connectivity index (χ4n) is 3.27. The van der Waals surface area contributed by atoms with Gasteiger partial charge >= 0.3 is 0 Å². The van der Waals surface area contributed by atoms with Gasteiger partial charge in [-0.2, -0.15) is 0 Å². The van der Waals surface area contributed by atoms with Gasteiger partial charge in [0.05, 0.1) is 0 Å². The first-order valence-corrected chi connectivity index (χ1v) is 9.03. The summed E-state index contributed by atoms with van der Waals surface area (Å²) >= 11 is 0. The number of benzene rings is 1. The van der Waals surface area contributed by atoms with E-state index in [4.69, 9.17) is 0 Å². The second kappa shape index (κ2) is 6.84. The van der Waals surface area contributed by atoms with Crippen molar-refractivity contribution in [3.8, 4) is 0 Å². The molecule has 1 saturated carbocycles. The second-order valence-corrected chi connectivity index (χ2v) is 6.72. The van der Waals surface area contributed by atoms with E-state index in [0.717, 1.165) is 45.6 Å². The minimum Gasteiger partial charge on any atom is -0.369 e. The average molecular weight is 340 g/mol. The van der Waals surface area contributed by atoms with Gasteiger partial charge in [0.1, 0.15) is 6.33 Å². The highest BCUT2D eigenvalue weighted by Crippen LogP contribution is 2.36. The van der Waals surface area contributed by atoms with E-state index in [1.54, 1.807) is 6.33 Å². The molecule has 1 N–H and O–H groups in total. The minimum absolute atomic E-state index is 0.141. The molecular weight excluding hydrogens is 316 g/mol. The largest absolute Gasteiger partial charge is 0.369 e. The maximum atomic E-state index is 12.5. The standard InChI is InChI=1S/C18H24N6O/c1-2-22-9-11-23(12-10-22)15-5-3-14(4-6-15)17(25)20-18-21-19-13-24(18)16-7-8-16/h3-6,13,16H,2,7-12H2,1H3,(H,20,21,25). The van der Waals surface area contributed by atoms with Crippen LogP contribution in [0.5, 0.6) is 0 Å². The predicted octanol–water partition coefficient (Wildman–Crippen LogP) is 2.01. The number of hydrogen-bond acceptors (Lipinski definition) is 5. The van der Waals surface area contributed by atoms with Crippen molar-refractivity contribution in [2.75, 3.05) is 42.9 Å². The summed E-state index contributed by atoms with van der Waals surface area (Å²) < 4.78 is 1.94. The lowest BCUT2D eigenvalue weighted by Gasteiger charge is -2.35. The monoisotopic (exact) mass is 340 g/mol. The number of aromatic nitrogens is 3. The number of likely N-dealkylation sites (N-methyl/N-ethyl adjacent to an activating group) is 1. The van der Waals surface area contributed by atoms with Crippen molar-refractivity contribution >= 4 is 17.5 Å². The molecule has 0 atom stereocenters. The molecule has 1 aromatic heterocycles. The van der Waals surface area contributed by atoms with Crippen LogP contribution < -0.4 is 10.2 Å². The predicted molar refractivity (Wildman–Crippen MR) is 97.0 cm³/mol. The van der Waals surface area contributed by atoms with Crippen LogP contribution in [0.15, 0.2) is 30.6 Å². The smallest absolute Gasteiger partial charge is 0.258 e. The molecule has 2 aromatic rings. The van der Waals surface area contributed by atoms with Gasteiger partial charge in [-0.25, -0.2) is 0 Å². The SMILES string of the molecule is CCN1CCN(c2ccc(C(=O)Nc3nncn3C3CC3)cc2)CC1. The first-order chi connectivity index (χ1) is 12.2. The van der Waals surface area contributed by atoms with Crippen molar-refractivity contribution < 1.29 is 4.79 Å². The van der Waals surface area contributed by atoms with Crippen LogP contribution in [0.1, 0.15) is 36.2 Å². The highest BCUT2D eigenvalue weighted by Gasteiger charge is 2.26. The zero-order valence-electron chi connectivity index (χ0n) is 14.6. The van der Waals surface area contributed by atoms with E-state index in [-0.39, 0.29) is 5.91 Å². The summed E-state index contributed by atoms with van der Waals surface area (Å²) in [4.78, 5) is 17.3. The summed E-state index contributed by atoms with van der Waals surface area (Å²) in [7, 11) is 0. The number of nitrogens with one attached hydrogen (secondary N) is 1. The number of rotatable bonds is 5. The number of carbonyl (C=O) groups excluding carboxylic acids is 1. The molecule has 7 heteroatoms. The number of nitrogens with zero attached hydrogens (tertiary/aromatic N) is 5. The van der Waals surface area contributed by atoms with Crippen molar-refractivity contribution in [3.63, 3.8) is 0 Å². The molecule has 2 aliphatic rings. The van der Waals surface area contributed by atoms with Crippen molar-refractivity contribution in [2.45, 2.75) is 25.8 Å². The van der Waals surface area contributed by atoms with Gasteiger partial charge in [0.2, 0.25) is 5.95 Å². The van der Waals surface area contributed by atoms with Gasteiger partial charge in [0, 0.05) is 43.5 Å². The molecule has 2 heterocycles. The Morgan fingerprint density at radius 3 is 2.52 bits per heavy atom. The van der Waals surface area contributed by atoms with Crippen molar-refractivity contribution in [3.05, 3.63) is 36.2 Å². The Bertz CT molecular complexity index is 728. The van der Waals surface area contributed by atoms with Crippen LogP contribution in [0.4, 0.5) is 11.6 Å². The highest BCUT2D eigenvalue weighted by atomic mass is 16.1. The molecule has 132 valence electrons. The van der Waals surface area contributed by atoms with E-state index in [9.17, 15) is 4.79 Å². The molecule has 25 heavy (non-hydrogen) atoms. The Labute approximate surface area is 147 Å². The number of hydrogen-bond donors (Lipinski definition) is 1. The molecule has 1 amide bonds. The molecule has 1 aliphatic heterocycles. The lowest BCUT2D eigenvalue weighted by Crippen LogP contribution is -2.46. The molecular formula is C18H24N6O. The van der Waals surface area contributed by atoms with Gasteiger partial charge in [-0.1, -0.05) is 6.92 Å². The van der Waals surface area contributed by atoms with Gasteiger partial charge in [0.25, 0.3) is 5.91 Å². The lowest BCUT2D eigenvalue weighted by molar-refractivity contribution is 0.102. The zero-order valence-corrected chi connectivity index (χ0v) is 14.6. The second-order valence-electron chi connectivity index (χ2n) is 6.72. The molecule has 1 aromatic carbocycles. The number of amides is 1. The van der Waals surface area contributed by atoms with Crippen LogP contribution >= 0.6 is 0 Å². The molecule has 2 fully saturated rings. The number of anilines is 2. The molecule has 1 saturated heterocycles. The Balaban J connectivity index is 1.39. The fraction of sp³-hybridized carbons (Fsp3) is 0.500. The minimum atomic E-state index is -0.141. The van der Waals surface area contributed by atoms with Crippen LogP contribution in [0, 0.1) is 0 Å². The van der Waals surface area contributed by atoms with Gasteiger partial charge in [-0.3, -0.25) is 14.7 Å². The van der Waals surface area contributed by atoms with Gasteiger partial charge in [-0.15, -0.1) is 10.2 Å². The normalized spacial score (nSPS) is 18.4. The fourth-order valence-corrected chi connectivity index (χ4v) is 3.27. The first kappa shape index (κ1) is 16.1. The third-order valence-corrected chi connectivity index (χ3v) is 5.05. The van der Waals surface area contributed by atoms with Gasteiger partial charge in [-0.05, 0) is 43.7 Å². The van der Waals surface area contributed by atoms with Crippen LogP contribution in [-0.4, -0.2) is 58.3 Å². The van der Waals surface area contributed by atoms with Crippen LogP contribution in [-0.2, 0) is 0 Å². The zero-order chi connectivity index (χ0) is 17.2. The summed E-state index contributed by atoms with van der Waals surface area (Å²) in [6.07, 6.45) is 3.94. The van der Waals surface area contributed by atoms with Crippen LogP contribution in [0.3, 0.4) is 0 Å². The summed E-state index contributed by atoms with van der Waals surface area (Å²) in [5.41, 5.74) is 1.81. The molecule has 0 unspecified atom stereocenters. The van der Waals surface area contributed by atoms with Gasteiger partial charge in [0.15, 0.2) is 0 Å². The number of piperazine rings is 1. The van der Waals surface area contributed by atoms with E-state index < -0.39 is 0 Å². The maximum Gasteiger partial charge on any atom is 0.258 e. The van der Waals surface area contributed by atoms with Crippen molar-refractivity contribution in [1.82, 2.24) is 19.7 Å². The Hall–Kier alpha value is -2.41. The molecule has 1 aliphatic carbocycles. The summed E-state index contributed by atoms with van der Waals surface area (Å²) in [6.45, 7) is 7.56. The summed E-state index contributed by atoms with van der Waals surface area (Å²) in [5.74, 6) is 0.393. The molecule has 0 spiro atoms. The Morgan fingerprint density at radius 1 is 1.16 bits per heavy atom. The first-order valence-electron chi connectivity index (χ1n) is 9.03. The van der Waals surface area contributed by atoms with Gasteiger partial charge < -0.3 is 9.80 Å². The third kappa shape index (κ3) is 3.51. The van der Waals surface area contributed by atoms with Crippen molar-refractivity contribution in [1.29, 1.82) is 0 Å². The molecule has 0 radical (unpaired) electrons. The summed E-state index contributed by atoms with van der Waals surface area (Å²) in [6, 6.07) is 8.27. The highest BCUT2D eigenvalue weighted by molar-refractivity contribution is 6.03. The van der Waals surface area contributed by atoms with E-state index in [2.05, 4.69) is 32.2 Å². The molecule has 0 bridgehead atoms. The van der Waals surface area contributed by atoms with E-state index in [0.29, 0.717) is 17.6 Å².